The van der Waals surface area contributed by atoms with Gasteiger partial charge in [0.2, 0.25) is 0 Å². The van der Waals surface area contributed by atoms with E-state index in [0.717, 1.165) is 0 Å². The van der Waals surface area contributed by atoms with Crippen LogP contribution in [0.15, 0.2) is 0 Å². The fourth-order valence-corrected chi connectivity index (χ4v) is 3.67. The van der Waals surface area contributed by atoms with Crippen LogP contribution in [0.3, 0.4) is 0 Å². The van der Waals surface area contributed by atoms with E-state index in [1.54, 1.807) is 0 Å². The lowest BCUT2D eigenvalue weighted by Gasteiger charge is -2.48. The van der Waals surface area contributed by atoms with E-state index in [9.17, 15) is 0 Å². The maximum atomic E-state index is 9.15. The molecule has 0 aromatic rings. The molecular weight excluding hydrogens is 172 g/mol. The summed E-state index contributed by atoms with van der Waals surface area (Å²) in [6.07, 6.45) is 0. The van der Waals surface area contributed by atoms with Gasteiger partial charge in [0.1, 0.15) is 0 Å². The summed E-state index contributed by atoms with van der Waals surface area (Å²) >= 11 is 0. The van der Waals surface area contributed by atoms with Crippen LogP contribution in [0.1, 0.15) is 0 Å². The van der Waals surface area contributed by atoms with Gasteiger partial charge in [-0.25, -0.2) is 12.9 Å². The van der Waals surface area contributed by atoms with E-state index in [-0.39, 0.29) is 0 Å². The number of hydrogen-bond acceptors (Lipinski definition) is 4. The minimum absolute atomic E-state index is 1.58. The molecule has 0 saturated carbocycles. The van der Waals surface area contributed by atoms with E-state index in [4.69, 9.17) is 5.26 Å². The molecule has 72 valence electrons. The van der Waals surface area contributed by atoms with Crippen LogP contribution in [0.2, 0.25) is 0 Å². The van der Waals surface area contributed by atoms with Crippen molar-refractivity contribution in [3.05, 3.63) is 0 Å². The molecule has 5 heteroatoms. The Bertz CT molecular complexity index is 161. The zero-order chi connectivity index (χ0) is 9.94. The van der Waals surface area contributed by atoms with Gasteiger partial charge in [-0.05, 0) is 42.3 Å². The van der Waals surface area contributed by atoms with Crippen LogP contribution >= 0.6 is 10.6 Å². The second kappa shape index (κ2) is 4.10. The van der Waals surface area contributed by atoms with Gasteiger partial charge in [-0.1, -0.05) is 0 Å². The summed E-state index contributed by atoms with van der Waals surface area (Å²) in [5, 5.41) is 11.5. The van der Waals surface area contributed by atoms with Crippen molar-refractivity contribution in [3.8, 4) is 5.40 Å². The fourth-order valence-electron chi connectivity index (χ4n) is 1.22. The molecule has 0 unspecified atom stereocenters. The molecule has 0 rings (SSSR count). The van der Waals surface area contributed by atoms with Crippen LogP contribution in [-0.4, -0.2) is 55.2 Å². The van der Waals surface area contributed by atoms with Gasteiger partial charge in [0, 0.05) is 10.6 Å². The fraction of sp³-hybridized carbons (Fsp3) is 0.857. The zero-order valence-electron chi connectivity index (χ0n) is 8.70. The van der Waals surface area contributed by atoms with E-state index in [1.807, 2.05) is 55.2 Å². The standard InChI is InChI=1S/C7H18N4S/c1-9(2)12(7-8,10(3)4)11(5)6/h1-6H3. The maximum absolute atomic E-state index is 9.15. The molecular formula is C7H18N4S. The van der Waals surface area contributed by atoms with Crippen molar-refractivity contribution >= 4 is 10.6 Å². The van der Waals surface area contributed by atoms with Gasteiger partial charge in [-0.15, -0.1) is 0 Å². The average molecular weight is 190 g/mol. The summed E-state index contributed by atoms with van der Waals surface area (Å²) in [5.41, 5.74) is 0. The highest BCUT2D eigenvalue weighted by Gasteiger charge is 2.31. The third-order valence-electron chi connectivity index (χ3n) is 1.65. The monoisotopic (exact) mass is 190 g/mol. The molecule has 0 aliphatic carbocycles. The molecule has 0 saturated heterocycles. The minimum atomic E-state index is -1.58. The van der Waals surface area contributed by atoms with Crippen LogP contribution in [0.25, 0.3) is 0 Å². The molecule has 0 bridgehead atoms. The summed E-state index contributed by atoms with van der Waals surface area (Å²) in [5.74, 6) is 0. The Morgan fingerprint density at radius 1 is 0.833 bits per heavy atom. The molecule has 0 N–H and O–H groups in total. The predicted octanol–water partition coefficient (Wildman–Crippen LogP) is 0.702. The Hall–Kier alpha value is -0.280. The first-order chi connectivity index (χ1) is 5.39. The zero-order valence-corrected chi connectivity index (χ0v) is 9.51. The lowest BCUT2D eigenvalue weighted by atomic mass is 11.2. The Labute approximate surface area is 77.1 Å². The van der Waals surface area contributed by atoms with Crippen molar-refractivity contribution in [3.63, 3.8) is 0 Å². The van der Waals surface area contributed by atoms with E-state index in [1.165, 1.54) is 0 Å². The molecule has 4 nitrogen and oxygen atoms in total. The van der Waals surface area contributed by atoms with Crippen molar-refractivity contribution in [2.24, 2.45) is 0 Å². The third kappa shape index (κ3) is 1.72. The highest BCUT2D eigenvalue weighted by Crippen LogP contribution is 2.51. The SMILES string of the molecule is CN(C)S(C#N)(N(C)C)N(C)C. The maximum Gasteiger partial charge on any atom is 0.156 e. The van der Waals surface area contributed by atoms with Crippen molar-refractivity contribution < 1.29 is 0 Å². The van der Waals surface area contributed by atoms with Crippen molar-refractivity contribution in [2.75, 3.05) is 42.3 Å². The molecule has 0 spiro atoms. The van der Waals surface area contributed by atoms with Crippen LogP contribution < -0.4 is 0 Å². The largest absolute Gasteiger partial charge is 0.239 e. The number of thiocyanates is 1. The highest BCUT2D eigenvalue weighted by atomic mass is 32.3. The first kappa shape index (κ1) is 11.7. The first-order valence-corrected chi connectivity index (χ1v) is 5.16. The van der Waals surface area contributed by atoms with Gasteiger partial charge in [0.15, 0.2) is 5.40 Å². The average Bonchev–Trinajstić information content (AvgIpc) is 1.86. The number of rotatable bonds is 3. The quantitative estimate of drug-likeness (QED) is 0.614. The van der Waals surface area contributed by atoms with Crippen LogP contribution in [-0.2, 0) is 0 Å². The molecule has 0 amide bonds. The number of nitriles is 1. The van der Waals surface area contributed by atoms with Gasteiger partial charge in [-0.2, -0.15) is 5.26 Å². The molecule has 0 aliphatic heterocycles. The van der Waals surface area contributed by atoms with E-state index in [2.05, 4.69) is 5.40 Å². The molecule has 0 radical (unpaired) electrons. The lowest BCUT2D eigenvalue weighted by molar-refractivity contribution is 0.506. The lowest BCUT2D eigenvalue weighted by Crippen LogP contribution is -2.39. The highest BCUT2D eigenvalue weighted by molar-refractivity contribution is 8.31. The second-order valence-electron chi connectivity index (χ2n) is 3.05. The molecule has 0 atom stereocenters. The summed E-state index contributed by atoms with van der Waals surface area (Å²) in [7, 11) is 10.00. The Balaban J connectivity index is 4.94. The van der Waals surface area contributed by atoms with Gasteiger partial charge < -0.3 is 0 Å². The first-order valence-electron chi connectivity index (χ1n) is 3.66. The summed E-state index contributed by atoms with van der Waals surface area (Å²) in [6.45, 7) is 0. The molecule has 0 fully saturated rings. The Kier molecular flexibility index (Phi) is 4.00. The second-order valence-corrected chi connectivity index (χ2v) is 6.46. The minimum Gasteiger partial charge on any atom is -0.239 e. The van der Waals surface area contributed by atoms with Crippen LogP contribution in [0.4, 0.5) is 0 Å². The third-order valence-corrected chi connectivity index (χ3v) is 4.95. The van der Waals surface area contributed by atoms with Crippen molar-refractivity contribution in [2.45, 2.75) is 0 Å². The van der Waals surface area contributed by atoms with Gasteiger partial charge in [0.25, 0.3) is 0 Å². The van der Waals surface area contributed by atoms with Crippen LogP contribution in [0.5, 0.6) is 0 Å². The van der Waals surface area contributed by atoms with Gasteiger partial charge in [-0.3, -0.25) is 0 Å². The Morgan fingerprint density at radius 3 is 1.08 bits per heavy atom. The summed E-state index contributed by atoms with van der Waals surface area (Å²) < 4.78 is 5.90. The van der Waals surface area contributed by atoms with Crippen molar-refractivity contribution in [1.82, 2.24) is 12.9 Å². The summed E-state index contributed by atoms with van der Waals surface area (Å²) in [4.78, 5) is 0. The smallest absolute Gasteiger partial charge is 0.156 e. The number of nitrogens with zero attached hydrogens (tertiary/aromatic N) is 4. The Morgan fingerprint density at radius 2 is 1.08 bits per heavy atom. The molecule has 12 heavy (non-hydrogen) atoms. The van der Waals surface area contributed by atoms with E-state index in [0.29, 0.717) is 0 Å². The van der Waals surface area contributed by atoms with Crippen molar-refractivity contribution in [1.29, 1.82) is 5.26 Å². The molecule has 0 aromatic carbocycles. The molecule has 0 aromatic heterocycles. The topological polar surface area (TPSA) is 33.5 Å². The van der Waals surface area contributed by atoms with E-state index < -0.39 is 10.6 Å². The van der Waals surface area contributed by atoms with Gasteiger partial charge >= 0.3 is 0 Å². The normalized spacial score (nSPS) is 14.0. The van der Waals surface area contributed by atoms with E-state index >= 15 is 0 Å². The van der Waals surface area contributed by atoms with Gasteiger partial charge in [0.05, 0.1) is 0 Å². The predicted molar refractivity (Wildman–Crippen MR) is 54.3 cm³/mol. The molecule has 0 heterocycles. The number of hydrogen-bond donors (Lipinski definition) is 0. The van der Waals surface area contributed by atoms with Crippen LogP contribution in [0, 0.1) is 10.7 Å². The molecule has 0 aliphatic rings. The summed E-state index contributed by atoms with van der Waals surface area (Å²) in [6, 6.07) is 0.